The molecule has 5 heterocycles. The SMILES string of the molecule is O=C(c1onc2ncccc12)N1CCc2[nH]cnc2C1c1ccccn1. The molecule has 26 heavy (non-hydrogen) atoms. The zero-order valence-electron chi connectivity index (χ0n) is 13.7. The number of nitrogens with one attached hydrogen (secondary N) is 1. The van der Waals surface area contributed by atoms with Gasteiger partial charge in [0.15, 0.2) is 0 Å². The van der Waals surface area contributed by atoms with Crippen molar-refractivity contribution < 1.29 is 9.32 Å². The first-order valence-corrected chi connectivity index (χ1v) is 8.27. The maximum absolute atomic E-state index is 13.3. The van der Waals surface area contributed by atoms with Crippen molar-refractivity contribution in [2.24, 2.45) is 0 Å². The van der Waals surface area contributed by atoms with Gasteiger partial charge in [0.1, 0.15) is 6.04 Å². The molecule has 0 radical (unpaired) electrons. The second-order valence-corrected chi connectivity index (χ2v) is 6.06. The number of aromatic amines is 1. The van der Waals surface area contributed by atoms with Gasteiger partial charge < -0.3 is 14.4 Å². The number of fused-ring (bicyclic) bond motifs is 2. The summed E-state index contributed by atoms with van der Waals surface area (Å²) in [5.41, 5.74) is 3.01. The number of hydrogen-bond acceptors (Lipinski definition) is 6. The number of H-pyrrole nitrogens is 1. The molecule has 1 amide bonds. The fourth-order valence-corrected chi connectivity index (χ4v) is 3.40. The summed E-state index contributed by atoms with van der Waals surface area (Å²) in [4.78, 5) is 31.2. The lowest BCUT2D eigenvalue weighted by Gasteiger charge is -2.33. The van der Waals surface area contributed by atoms with Crippen LogP contribution in [-0.2, 0) is 6.42 Å². The summed E-state index contributed by atoms with van der Waals surface area (Å²) < 4.78 is 5.33. The molecule has 1 atom stereocenters. The molecule has 0 saturated carbocycles. The van der Waals surface area contributed by atoms with E-state index in [9.17, 15) is 4.79 Å². The Hall–Kier alpha value is -3.55. The molecule has 1 aliphatic rings. The Morgan fingerprint density at radius 2 is 2.08 bits per heavy atom. The number of nitrogens with zero attached hydrogens (tertiary/aromatic N) is 5. The van der Waals surface area contributed by atoms with Gasteiger partial charge in [-0.2, -0.15) is 0 Å². The number of hydrogen-bond donors (Lipinski definition) is 1. The maximum Gasteiger partial charge on any atom is 0.294 e. The van der Waals surface area contributed by atoms with Gasteiger partial charge in [0.2, 0.25) is 11.4 Å². The molecule has 0 aliphatic carbocycles. The largest absolute Gasteiger partial charge is 0.348 e. The van der Waals surface area contributed by atoms with Gasteiger partial charge in [0.05, 0.1) is 23.1 Å². The molecular weight excluding hydrogens is 332 g/mol. The van der Waals surface area contributed by atoms with Gasteiger partial charge in [0.25, 0.3) is 5.91 Å². The van der Waals surface area contributed by atoms with Crippen LogP contribution in [-0.4, -0.2) is 42.4 Å². The van der Waals surface area contributed by atoms with Crippen LogP contribution in [0.4, 0.5) is 0 Å². The van der Waals surface area contributed by atoms with Crippen LogP contribution in [0.15, 0.2) is 53.6 Å². The minimum atomic E-state index is -0.379. The van der Waals surface area contributed by atoms with E-state index in [-0.39, 0.29) is 17.7 Å². The molecule has 0 aromatic carbocycles. The quantitative estimate of drug-likeness (QED) is 0.597. The lowest BCUT2D eigenvalue weighted by molar-refractivity contribution is 0.0647. The summed E-state index contributed by atoms with van der Waals surface area (Å²) in [5, 5.41) is 4.50. The molecule has 5 rings (SSSR count). The van der Waals surface area contributed by atoms with Crippen LogP contribution in [0.3, 0.4) is 0 Å². The number of pyridine rings is 2. The standard InChI is InChI=1S/C18H14N6O2/c25-18(16-11-4-3-8-20-17(11)23-26-16)24-9-6-12-14(22-10-21-12)15(24)13-5-1-2-7-19-13/h1-5,7-8,10,15H,6,9H2,(H,21,22). The first-order chi connectivity index (χ1) is 12.8. The van der Waals surface area contributed by atoms with E-state index in [0.717, 1.165) is 17.1 Å². The van der Waals surface area contributed by atoms with Crippen molar-refractivity contribution in [3.05, 3.63) is 71.9 Å². The van der Waals surface area contributed by atoms with E-state index in [1.165, 1.54) is 0 Å². The van der Waals surface area contributed by atoms with Crippen molar-refractivity contribution in [3.63, 3.8) is 0 Å². The molecular formula is C18H14N6O2. The van der Waals surface area contributed by atoms with E-state index in [2.05, 4.69) is 25.1 Å². The van der Waals surface area contributed by atoms with Crippen molar-refractivity contribution in [3.8, 4) is 0 Å². The fourth-order valence-electron chi connectivity index (χ4n) is 3.40. The summed E-state index contributed by atoms with van der Waals surface area (Å²) in [7, 11) is 0. The van der Waals surface area contributed by atoms with Crippen LogP contribution >= 0.6 is 0 Å². The monoisotopic (exact) mass is 346 g/mol. The predicted octanol–water partition coefficient (Wildman–Crippen LogP) is 2.13. The van der Waals surface area contributed by atoms with E-state index >= 15 is 0 Å². The second kappa shape index (κ2) is 5.76. The Bertz CT molecular complexity index is 1090. The third-order valence-electron chi connectivity index (χ3n) is 4.60. The van der Waals surface area contributed by atoms with Gasteiger partial charge in [-0.15, -0.1) is 0 Å². The summed E-state index contributed by atoms with van der Waals surface area (Å²) in [6, 6.07) is 8.81. The van der Waals surface area contributed by atoms with Gasteiger partial charge in [-0.3, -0.25) is 9.78 Å². The van der Waals surface area contributed by atoms with Crippen LogP contribution in [0.25, 0.3) is 11.0 Å². The second-order valence-electron chi connectivity index (χ2n) is 6.06. The molecule has 8 nitrogen and oxygen atoms in total. The van der Waals surface area contributed by atoms with Crippen LogP contribution < -0.4 is 0 Å². The van der Waals surface area contributed by atoms with Crippen LogP contribution in [0.1, 0.15) is 33.7 Å². The number of rotatable bonds is 2. The molecule has 1 unspecified atom stereocenters. The first kappa shape index (κ1) is 14.8. The van der Waals surface area contributed by atoms with E-state index in [0.29, 0.717) is 24.0 Å². The highest BCUT2D eigenvalue weighted by Crippen LogP contribution is 2.34. The summed E-state index contributed by atoms with van der Waals surface area (Å²) in [5.74, 6) is -0.0576. The third kappa shape index (κ3) is 2.19. The predicted molar refractivity (Wildman–Crippen MR) is 91.2 cm³/mol. The van der Waals surface area contributed by atoms with Crippen molar-refractivity contribution >= 4 is 16.9 Å². The molecule has 0 fully saturated rings. The van der Waals surface area contributed by atoms with Crippen LogP contribution in [0.2, 0.25) is 0 Å². The van der Waals surface area contributed by atoms with Gasteiger partial charge in [-0.25, -0.2) is 9.97 Å². The Balaban J connectivity index is 1.62. The minimum Gasteiger partial charge on any atom is -0.348 e. The van der Waals surface area contributed by atoms with Gasteiger partial charge in [-0.1, -0.05) is 11.2 Å². The summed E-state index contributed by atoms with van der Waals surface area (Å²) in [6.07, 6.45) is 5.68. The van der Waals surface area contributed by atoms with Crippen molar-refractivity contribution in [1.29, 1.82) is 0 Å². The average molecular weight is 346 g/mol. The van der Waals surface area contributed by atoms with Crippen molar-refractivity contribution in [2.45, 2.75) is 12.5 Å². The Kier molecular flexibility index (Phi) is 3.27. The number of carbonyl (C=O) groups excluding carboxylic acids is 1. The summed E-state index contributed by atoms with van der Waals surface area (Å²) in [6.45, 7) is 0.526. The number of imidazole rings is 1. The smallest absolute Gasteiger partial charge is 0.294 e. The fraction of sp³-hybridized carbons (Fsp3) is 0.167. The highest BCUT2D eigenvalue weighted by molar-refractivity contribution is 6.03. The normalized spacial score (nSPS) is 16.6. The van der Waals surface area contributed by atoms with Crippen LogP contribution in [0, 0.1) is 0 Å². The van der Waals surface area contributed by atoms with E-state index in [1.807, 2.05) is 18.2 Å². The molecule has 0 spiro atoms. The average Bonchev–Trinajstić information content (AvgIpc) is 3.34. The zero-order valence-corrected chi connectivity index (χ0v) is 13.7. The highest BCUT2D eigenvalue weighted by Gasteiger charge is 2.37. The Morgan fingerprint density at radius 3 is 2.96 bits per heavy atom. The molecule has 4 aromatic rings. The minimum absolute atomic E-state index is 0.188. The van der Waals surface area contributed by atoms with Gasteiger partial charge >= 0.3 is 0 Å². The Labute approximate surface area is 147 Å². The summed E-state index contributed by atoms with van der Waals surface area (Å²) >= 11 is 0. The van der Waals surface area contributed by atoms with Crippen molar-refractivity contribution in [1.82, 2.24) is 30.0 Å². The number of aromatic nitrogens is 5. The highest BCUT2D eigenvalue weighted by atomic mass is 16.5. The van der Waals surface area contributed by atoms with E-state index in [4.69, 9.17) is 4.52 Å². The molecule has 0 saturated heterocycles. The molecule has 1 N–H and O–H groups in total. The topological polar surface area (TPSA) is 101 Å². The molecule has 1 aliphatic heterocycles. The van der Waals surface area contributed by atoms with Crippen molar-refractivity contribution in [2.75, 3.05) is 6.54 Å². The molecule has 128 valence electrons. The first-order valence-electron chi connectivity index (χ1n) is 8.27. The third-order valence-corrected chi connectivity index (χ3v) is 4.60. The van der Waals surface area contributed by atoms with Crippen LogP contribution in [0.5, 0.6) is 0 Å². The van der Waals surface area contributed by atoms with Gasteiger partial charge in [-0.05, 0) is 24.3 Å². The lowest BCUT2D eigenvalue weighted by atomic mass is 9.98. The lowest BCUT2D eigenvalue weighted by Crippen LogP contribution is -2.41. The van der Waals surface area contributed by atoms with E-state index in [1.54, 1.807) is 35.8 Å². The molecule has 8 heteroatoms. The zero-order chi connectivity index (χ0) is 17.5. The molecule has 4 aromatic heterocycles. The van der Waals surface area contributed by atoms with E-state index < -0.39 is 0 Å². The van der Waals surface area contributed by atoms with Gasteiger partial charge in [0, 0.05) is 31.1 Å². The Morgan fingerprint density at radius 1 is 1.15 bits per heavy atom. The number of carbonyl (C=O) groups is 1. The number of amides is 1. The maximum atomic E-state index is 13.3. The molecule has 0 bridgehead atoms.